The van der Waals surface area contributed by atoms with Gasteiger partial charge in [0, 0.05) is 0 Å². The van der Waals surface area contributed by atoms with Crippen LogP contribution in [0.1, 0.15) is 27.7 Å². The molecule has 1 heterocycles. The fraction of sp³-hybridized carbons (Fsp3) is 0.500. The van der Waals surface area contributed by atoms with E-state index in [1.54, 1.807) is 10.4 Å². The van der Waals surface area contributed by atoms with Crippen molar-refractivity contribution >= 4 is 9.52 Å². The van der Waals surface area contributed by atoms with Gasteiger partial charge in [0.1, 0.15) is 0 Å². The Morgan fingerprint density at radius 3 is 1.22 bits per heavy atom. The summed E-state index contributed by atoms with van der Waals surface area (Å²) in [6.07, 6.45) is 0. The van der Waals surface area contributed by atoms with E-state index in [4.69, 9.17) is 0 Å². The summed E-state index contributed by atoms with van der Waals surface area (Å²) in [5.74, 6) is 0. The molecule has 0 aliphatic carbocycles. The van der Waals surface area contributed by atoms with Crippen LogP contribution in [-0.2, 0) is 0 Å². The van der Waals surface area contributed by atoms with Crippen LogP contribution in [0.3, 0.4) is 0 Å². The van der Waals surface area contributed by atoms with Gasteiger partial charge in [-0.15, -0.1) is 0 Å². The molecule has 49 valence electrons. The van der Waals surface area contributed by atoms with E-state index in [9.17, 15) is 0 Å². The molecule has 0 N–H and O–H groups in total. The number of allylic oxidation sites excluding steroid dienone is 4. The van der Waals surface area contributed by atoms with Crippen molar-refractivity contribution in [2.24, 2.45) is 0 Å². The van der Waals surface area contributed by atoms with Crippen molar-refractivity contribution in [1.29, 1.82) is 0 Å². The van der Waals surface area contributed by atoms with Crippen LogP contribution in [-0.4, -0.2) is 9.52 Å². The van der Waals surface area contributed by atoms with Gasteiger partial charge >= 0.3 is 0 Å². The van der Waals surface area contributed by atoms with E-state index in [2.05, 4.69) is 27.7 Å². The minimum absolute atomic E-state index is 0.976. The second kappa shape index (κ2) is 2.14. The van der Waals surface area contributed by atoms with Gasteiger partial charge in [0.2, 0.25) is 0 Å². The van der Waals surface area contributed by atoms with Gasteiger partial charge in [0.25, 0.3) is 0 Å². The number of hydrogen-bond donors (Lipinski definition) is 0. The zero-order valence-electron chi connectivity index (χ0n) is 6.50. The molecule has 9 heavy (non-hydrogen) atoms. The molecule has 0 spiro atoms. The van der Waals surface area contributed by atoms with E-state index < -0.39 is 0 Å². The molecule has 1 rings (SSSR count). The predicted octanol–water partition coefficient (Wildman–Crippen LogP) is 2.29. The van der Waals surface area contributed by atoms with Crippen LogP contribution in [0.15, 0.2) is 21.5 Å². The molecule has 0 unspecified atom stereocenters. The highest BCUT2D eigenvalue weighted by molar-refractivity contribution is 6.55. The van der Waals surface area contributed by atoms with Gasteiger partial charge in [-0.2, -0.15) is 0 Å². The van der Waals surface area contributed by atoms with Crippen molar-refractivity contribution in [2.75, 3.05) is 0 Å². The molecule has 0 saturated carbocycles. The van der Waals surface area contributed by atoms with E-state index in [0.29, 0.717) is 0 Å². The van der Waals surface area contributed by atoms with Gasteiger partial charge in [0.15, 0.2) is 0 Å². The first-order valence-electron chi connectivity index (χ1n) is 3.25. The number of hydrogen-bond acceptors (Lipinski definition) is 0. The lowest BCUT2D eigenvalue weighted by molar-refractivity contribution is 1.31. The highest BCUT2D eigenvalue weighted by Gasteiger charge is 1.98. The molecule has 0 saturated heterocycles. The molecule has 0 fully saturated rings. The molecular formula is C8H12Si-. The molecule has 0 aromatic carbocycles. The summed E-state index contributed by atoms with van der Waals surface area (Å²) in [4.78, 5) is 0. The Labute approximate surface area is 59.5 Å². The summed E-state index contributed by atoms with van der Waals surface area (Å²) in [5, 5.41) is 3.15. The van der Waals surface area contributed by atoms with Gasteiger partial charge in [-0.1, -0.05) is 25.0 Å². The van der Waals surface area contributed by atoms with Gasteiger partial charge in [-0.05, 0) is 13.8 Å². The molecule has 1 aliphatic heterocycles. The van der Waals surface area contributed by atoms with Crippen molar-refractivity contribution in [3.8, 4) is 0 Å². The Balaban J connectivity index is 2.97. The van der Waals surface area contributed by atoms with E-state index in [0.717, 1.165) is 9.52 Å². The Kier molecular flexibility index (Phi) is 1.62. The quantitative estimate of drug-likeness (QED) is 0.448. The van der Waals surface area contributed by atoms with Gasteiger partial charge in [0.05, 0.1) is 0 Å². The summed E-state index contributed by atoms with van der Waals surface area (Å²) in [7, 11) is 0.976. The average molecular weight is 136 g/mol. The predicted molar refractivity (Wildman–Crippen MR) is 42.5 cm³/mol. The molecule has 0 bridgehead atoms. The van der Waals surface area contributed by atoms with Crippen molar-refractivity contribution < 1.29 is 0 Å². The van der Waals surface area contributed by atoms with Crippen LogP contribution in [0, 0.1) is 0 Å². The summed E-state index contributed by atoms with van der Waals surface area (Å²) in [6.45, 7) is 8.89. The largest absolute Gasteiger partial charge is 0.407 e. The third-order valence-electron chi connectivity index (χ3n) is 2.06. The SMILES string of the molecule is CC1=C(C)C(C)=C(C)[Si-]1. The fourth-order valence-corrected chi connectivity index (χ4v) is 2.34. The highest BCUT2D eigenvalue weighted by Crippen LogP contribution is 2.24. The van der Waals surface area contributed by atoms with Gasteiger partial charge in [-0.3, -0.25) is 0 Å². The lowest BCUT2D eigenvalue weighted by atomic mass is 10.1. The first-order chi connectivity index (χ1) is 4.13. The monoisotopic (exact) mass is 136 g/mol. The van der Waals surface area contributed by atoms with Crippen LogP contribution < -0.4 is 0 Å². The molecule has 0 aromatic heterocycles. The van der Waals surface area contributed by atoms with Gasteiger partial charge < -0.3 is 9.52 Å². The van der Waals surface area contributed by atoms with E-state index in [1.165, 1.54) is 11.1 Å². The summed E-state index contributed by atoms with van der Waals surface area (Å²) in [6, 6.07) is 0. The van der Waals surface area contributed by atoms with Crippen LogP contribution >= 0.6 is 0 Å². The molecule has 1 radical (unpaired) electrons. The third kappa shape index (κ3) is 1.01. The van der Waals surface area contributed by atoms with Crippen LogP contribution in [0.25, 0.3) is 0 Å². The van der Waals surface area contributed by atoms with Gasteiger partial charge in [-0.25, -0.2) is 10.4 Å². The Morgan fingerprint density at radius 1 is 0.778 bits per heavy atom. The average Bonchev–Trinajstić information content (AvgIpc) is 1.98. The van der Waals surface area contributed by atoms with E-state index >= 15 is 0 Å². The maximum absolute atomic E-state index is 2.23. The molecule has 0 atom stereocenters. The maximum Gasteiger partial charge on any atom is -0.0427 e. The molecule has 0 amide bonds. The van der Waals surface area contributed by atoms with Crippen molar-refractivity contribution in [3.63, 3.8) is 0 Å². The molecular weight excluding hydrogens is 124 g/mol. The summed E-state index contributed by atoms with van der Waals surface area (Å²) >= 11 is 0. The summed E-state index contributed by atoms with van der Waals surface area (Å²) in [5.41, 5.74) is 3.04. The second-order valence-electron chi connectivity index (χ2n) is 2.62. The van der Waals surface area contributed by atoms with Crippen molar-refractivity contribution in [2.45, 2.75) is 27.7 Å². The Bertz CT molecular complexity index is 175. The smallest absolute Gasteiger partial charge is 0.0427 e. The van der Waals surface area contributed by atoms with Crippen LogP contribution in [0.2, 0.25) is 0 Å². The zero-order valence-corrected chi connectivity index (χ0v) is 7.50. The van der Waals surface area contributed by atoms with Crippen molar-refractivity contribution in [3.05, 3.63) is 21.5 Å². The fourth-order valence-electron chi connectivity index (χ4n) is 1.03. The molecule has 0 nitrogen and oxygen atoms in total. The van der Waals surface area contributed by atoms with Crippen LogP contribution in [0.4, 0.5) is 0 Å². The lowest BCUT2D eigenvalue weighted by Gasteiger charge is -2.11. The molecule has 1 aliphatic rings. The van der Waals surface area contributed by atoms with E-state index in [-0.39, 0.29) is 0 Å². The third-order valence-corrected chi connectivity index (χ3v) is 3.56. The normalized spacial score (nSPS) is 19.1. The minimum Gasteiger partial charge on any atom is -0.407 e. The first kappa shape index (κ1) is 6.81. The van der Waals surface area contributed by atoms with Crippen LogP contribution in [0.5, 0.6) is 0 Å². The highest BCUT2D eigenvalue weighted by atomic mass is 28.2. The molecule has 1 heteroatoms. The maximum atomic E-state index is 2.23. The molecule has 0 aromatic rings. The Morgan fingerprint density at radius 2 is 1.11 bits per heavy atom. The standard InChI is InChI=1S/C8H12Si/c1-5-6(2)8(4)9-7(5)3/h1-4H3/q-1. The topological polar surface area (TPSA) is 0 Å². The Hall–Kier alpha value is -0.303. The summed E-state index contributed by atoms with van der Waals surface area (Å²) < 4.78 is 0. The van der Waals surface area contributed by atoms with E-state index in [1.807, 2.05) is 0 Å². The van der Waals surface area contributed by atoms with Crippen molar-refractivity contribution in [1.82, 2.24) is 0 Å². The zero-order chi connectivity index (χ0) is 7.02. The second-order valence-corrected chi connectivity index (χ2v) is 4.38. The number of rotatable bonds is 0. The minimum atomic E-state index is 0.976. The lowest BCUT2D eigenvalue weighted by Crippen LogP contribution is -1.87. The first-order valence-corrected chi connectivity index (χ1v) is 4.25.